The van der Waals surface area contributed by atoms with Crippen molar-refractivity contribution in [1.82, 2.24) is 10.1 Å². The van der Waals surface area contributed by atoms with E-state index in [1.54, 1.807) is 20.1 Å². The molecule has 2 atom stereocenters. The van der Waals surface area contributed by atoms with Gasteiger partial charge < -0.3 is 14.4 Å². The van der Waals surface area contributed by atoms with Gasteiger partial charge in [-0.05, 0) is 31.0 Å². The number of nitrogens with one attached hydrogen (secondary N) is 1. The van der Waals surface area contributed by atoms with Crippen molar-refractivity contribution >= 4 is 11.8 Å². The van der Waals surface area contributed by atoms with Crippen LogP contribution in [-0.4, -0.2) is 47.4 Å². The number of β-amino-alcohol motifs (C(OH)–C–C–N with tert-alkyl or cyclic N) is 1. The summed E-state index contributed by atoms with van der Waals surface area (Å²) < 4.78 is 10.3. The fourth-order valence-electron chi connectivity index (χ4n) is 3.03. The molecule has 1 aromatic heterocycles. The molecule has 1 amide bonds. The summed E-state index contributed by atoms with van der Waals surface area (Å²) in [4.78, 5) is 14.2. The smallest absolute Gasteiger partial charge is 0.240 e. The minimum Gasteiger partial charge on any atom is -0.497 e. The third kappa shape index (κ3) is 3.74. The van der Waals surface area contributed by atoms with Crippen molar-refractivity contribution in [2.75, 3.05) is 25.5 Å². The number of hydrogen-bond acceptors (Lipinski definition) is 6. The third-order valence-electron chi connectivity index (χ3n) is 4.10. The predicted octanol–water partition coefficient (Wildman–Crippen LogP) is 1.74. The van der Waals surface area contributed by atoms with E-state index in [9.17, 15) is 9.90 Å². The van der Waals surface area contributed by atoms with Gasteiger partial charge in [0.1, 0.15) is 5.75 Å². The fourth-order valence-corrected chi connectivity index (χ4v) is 3.03. The number of methoxy groups -OCH3 is 1. The van der Waals surface area contributed by atoms with Gasteiger partial charge in [0.25, 0.3) is 0 Å². The number of aromatic nitrogens is 1. The molecule has 0 spiro atoms. The fraction of sp³-hybridized carbons (Fsp3) is 0.412. The molecule has 3 rings (SSSR count). The van der Waals surface area contributed by atoms with Gasteiger partial charge in [-0.2, -0.15) is 0 Å². The first kappa shape index (κ1) is 16.5. The number of carbonyl (C=O) groups excluding carboxylic acids is 1. The standard InChI is InChI=1S/C17H21N3O4/c1-11-6-17(24-19-11)18-16(22)10-20-9-13(21)8-15(20)12-4-3-5-14(7-12)23-2/h3-7,13,15,21H,8-10H2,1-2H3,(H,18,22)/t13-,15+/m0/s1. The quantitative estimate of drug-likeness (QED) is 0.868. The topological polar surface area (TPSA) is 87.8 Å². The molecule has 0 unspecified atom stereocenters. The molecule has 7 heteroatoms. The monoisotopic (exact) mass is 331 g/mol. The minimum atomic E-state index is -0.457. The van der Waals surface area contributed by atoms with Gasteiger partial charge in [-0.15, -0.1) is 0 Å². The van der Waals surface area contributed by atoms with Gasteiger partial charge in [-0.25, -0.2) is 0 Å². The summed E-state index contributed by atoms with van der Waals surface area (Å²) in [6.45, 7) is 2.40. The van der Waals surface area contributed by atoms with Crippen molar-refractivity contribution in [3.8, 4) is 5.75 Å². The van der Waals surface area contributed by atoms with Crippen LogP contribution >= 0.6 is 0 Å². The maximum Gasteiger partial charge on any atom is 0.240 e. The molecular weight excluding hydrogens is 310 g/mol. The van der Waals surface area contributed by atoms with Crippen molar-refractivity contribution in [2.24, 2.45) is 0 Å². The molecule has 24 heavy (non-hydrogen) atoms. The molecule has 1 aliphatic rings. The lowest BCUT2D eigenvalue weighted by Gasteiger charge is -2.23. The van der Waals surface area contributed by atoms with Crippen molar-refractivity contribution in [1.29, 1.82) is 0 Å². The molecule has 0 radical (unpaired) electrons. The summed E-state index contributed by atoms with van der Waals surface area (Å²) in [5.41, 5.74) is 1.73. The Bertz CT molecular complexity index is 715. The number of aliphatic hydroxyl groups excluding tert-OH is 1. The van der Waals surface area contributed by atoms with Crippen LogP contribution in [0.4, 0.5) is 5.88 Å². The van der Waals surface area contributed by atoms with Gasteiger partial charge in [0, 0.05) is 18.7 Å². The van der Waals surface area contributed by atoms with Crippen molar-refractivity contribution < 1.29 is 19.2 Å². The number of nitrogens with zero attached hydrogens (tertiary/aromatic N) is 2. The van der Waals surface area contributed by atoms with E-state index in [1.165, 1.54) is 0 Å². The van der Waals surface area contributed by atoms with Crippen molar-refractivity contribution in [3.63, 3.8) is 0 Å². The zero-order chi connectivity index (χ0) is 17.1. The number of ether oxygens (including phenoxy) is 1. The lowest BCUT2D eigenvalue weighted by atomic mass is 10.0. The molecule has 0 saturated carbocycles. The van der Waals surface area contributed by atoms with E-state index in [0.29, 0.717) is 24.5 Å². The molecule has 128 valence electrons. The number of likely N-dealkylation sites (tertiary alicyclic amines) is 1. The number of anilines is 1. The minimum absolute atomic E-state index is 0.0303. The summed E-state index contributed by atoms with van der Waals surface area (Å²) in [5.74, 6) is 0.888. The highest BCUT2D eigenvalue weighted by Gasteiger charge is 2.33. The summed E-state index contributed by atoms with van der Waals surface area (Å²) in [6, 6.07) is 9.34. The second-order valence-corrected chi connectivity index (χ2v) is 5.99. The molecule has 2 heterocycles. The third-order valence-corrected chi connectivity index (χ3v) is 4.10. The Labute approximate surface area is 140 Å². The number of aryl methyl sites for hydroxylation is 1. The van der Waals surface area contributed by atoms with Crippen LogP contribution in [0.1, 0.15) is 23.7 Å². The van der Waals surface area contributed by atoms with Crippen LogP contribution in [0.2, 0.25) is 0 Å². The van der Waals surface area contributed by atoms with Crippen LogP contribution in [0.5, 0.6) is 5.75 Å². The molecule has 2 aromatic rings. The first-order chi connectivity index (χ1) is 11.5. The second-order valence-electron chi connectivity index (χ2n) is 5.99. The number of amides is 1. The summed E-state index contributed by atoms with van der Waals surface area (Å²) >= 11 is 0. The van der Waals surface area contributed by atoms with E-state index < -0.39 is 6.10 Å². The van der Waals surface area contributed by atoms with E-state index in [2.05, 4.69) is 10.5 Å². The van der Waals surface area contributed by atoms with E-state index in [1.807, 2.05) is 29.2 Å². The highest BCUT2D eigenvalue weighted by molar-refractivity contribution is 5.91. The molecular formula is C17H21N3O4. The van der Waals surface area contributed by atoms with Crippen molar-refractivity contribution in [2.45, 2.75) is 25.5 Å². The lowest BCUT2D eigenvalue weighted by molar-refractivity contribution is -0.117. The molecule has 0 bridgehead atoms. The SMILES string of the molecule is COc1cccc([C@H]2C[C@H](O)CN2CC(=O)Nc2cc(C)no2)c1. The Kier molecular flexibility index (Phi) is 4.82. The van der Waals surface area contributed by atoms with Gasteiger partial charge >= 0.3 is 0 Å². The summed E-state index contributed by atoms with van der Waals surface area (Å²) in [5, 5.41) is 16.5. The van der Waals surface area contributed by atoms with Gasteiger partial charge in [-0.1, -0.05) is 17.3 Å². The molecule has 7 nitrogen and oxygen atoms in total. The predicted molar refractivity (Wildman–Crippen MR) is 87.8 cm³/mol. The number of rotatable bonds is 5. The molecule has 1 aromatic carbocycles. The first-order valence-electron chi connectivity index (χ1n) is 7.84. The number of aliphatic hydroxyl groups is 1. The van der Waals surface area contributed by atoms with Crippen molar-refractivity contribution in [3.05, 3.63) is 41.6 Å². The molecule has 1 aliphatic heterocycles. The first-order valence-corrected chi connectivity index (χ1v) is 7.84. The van der Waals surface area contributed by atoms with Crippen LogP contribution in [0, 0.1) is 6.92 Å². The van der Waals surface area contributed by atoms with E-state index >= 15 is 0 Å². The maximum atomic E-state index is 12.2. The van der Waals surface area contributed by atoms with Gasteiger partial charge in [-0.3, -0.25) is 15.0 Å². The van der Waals surface area contributed by atoms with Gasteiger partial charge in [0.15, 0.2) is 0 Å². The van der Waals surface area contributed by atoms with Gasteiger partial charge in [0.05, 0.1) is 25.5 Å². The molecule has 1 fully saturated rings. The van der Waals surface area contributed by atoms with Gasteiger partial charge in [0.2, 0.25) is 11.8 Å². The zero-order valence-corrected chi connectivity index (χ0v) is 13.7. The largest absolute Gasteiger partial charge is 0.497 e. The van der Waals surface area contributed by atoms with E-state index in [0.717, 1.165) is 11.3 Å². The van der Waals surface area contributed by atoms with Crippen LogP contribution in [-0.2, 0) is 4.79 Å². The molecule has 1 saturated heterocycles. The maximum absolute atomic E-state index is 12.2. The number of carbonyl (C=O) groups is 1. The van der Waals surface area contributed by atoms with Crippen LogP contribution in [0.3, 0.4) is 0 Å². The van der Waals surface area contributed by atoms with Crippen LogP contribution in [0.25, 0.3) is 0 Å². The normalized spacial score (nSPS) is 21.0. The summed E-state index contributed by atoms with van der Waals surface area (Å²) in [6.07, 6.45) is 0.128. The van der Waals surface area contributed by atoms with Crippen LogP contribution < -0.4 is 10.1 Å². The second kappa shape index (κ2) is 7.02. The Hall–Kier alpha value is -2.38. The highest BCUT2D eigenvalue weighted by Crippen LogP contribution is 2.33. The Morgan fingerprint density at radius 3 is 3.04 bits per heavy atom. The number of benzene rings is 1. The lowest BCUT2D eigenvalue weighted by Crippen LogP contribution is -2.33. The Morgan fingerprint density at radius 1 is 1.50 bits per heavy atom. The van der Waals surface area contributed by atoms with E-state index in [-0.39, 0.29) is 18.5 Å². The zero-order valence-electron chi connectivity index (χ0n) is 13.7. The summed E-state index contributed by atoms with van der Waals surface area (Å²) in [7, 11) is 1.62. The number of hydrogen-bond donors (Lipinski definition) is 2. The molecule has 0 aliphatic carbocycles. The molecule has 2 N–H and O–H groups in total. The average Bonchev–Trinajstić information content (AvgIpc) is 3.12. The highest BCUT2D eigenvalue weighted by atomic mass is 16.5. The average molecular weight is 331 g/mol. The van der Waals surface area contributed by atoms with Crippen LogP contribution in [0.15, 0.2) is 34.9 Å². The Morgan fingerprint density at radius 2 is 2.33 bits per heavy atom. The van der Waals surface area contributed by atoms with E-state index in [4.69, 9.17) is 9.26 Å². The Balaban J connectivity index is 1.69.